The second-order valence-electron chi connectivity index (χ2n) is 5.37. The molecule has 0 saturated carbocycles. The van der Waals surface area contributed by atoms with Gasteiger partial charge in [-0.25, -0.2) is 4.98 Å². The minimum atomic E-state index is -0.101. The Morgan fingerprint density at radius 1 is 1.22 bits per heavy atom. The van der Waals surface area contributed by atoms with Crippen LogP contribution in [0.3, 0.4) is 0 Å². The Morgan fingerprint density at radius 3 is 2.44 bits per heavy atom. The third kappa shape index (κ3) is 5.31. The quantitative estimate of drug-likeness (QED) is 0.617. The molecule has 0 radical (unpaired) electrons. The first-order chi connectivity index (χ1) is 8.29. The van der Waals surface area contributed by atoms with E-state index in [-0.39, 0.29) is 11.5 Å². The molecule has 0 bridgehead atoms. The Balaban J connectivity index is 2.63. The van der Waals surface area contributed by atoms with Crippen LogP contribution < -0.4 is 4.74 Å². The monoisotopic (exact) mass is 316 g/mol. The molecule has 0 N–H and O–H groups in total. The number of aromatic nitrogens is 2. The van der Waals surface area contributed by atoms with Crippen LogP contribution in [0.1, 0.15) is 40.4 Å². The van der Waals surface area contributed by atoms with Gasteiger partial charge in [-0.15, -0.1) is 0 Å². The van der Waals surface area contributed by atoms with Crippen molar-refractivity contribution in [1.82, 2.24) is 9.97 Å². The topological polar surface area (TPSA) is 44.2 Å². The first kappa shape index (κ1) is 15.4. The van der Waals surface area contributed by atoms with Gasteiger partial charge in [0.1, 0.15) is 17.0 Å². The highest BCUT2D eigenvalue weighted by Crippen LogP contribution is 2.23. The van der Waals surface area contributed by atoms with Gasteiger partial charge in [0.05, 0.1) is 12.7 Å². The van der Waals surface area contributed by atoms with Crippen molar-refractivity contribution in [1.29, 1.82) is 0 Å². The Morgan fingerprint density at radius 2 is 1.89 bits per heavy atom. The SMILES string of the molecule is CC(C)OCCOc1cc(Br)nc(C(C)(C)C)n1. The highest BCUT2D eigenvalue weighted by molar-refractivity contribution is 9.10. The molecule has 0 unspecified atom stereocenters. The number of ether oxygens (including phenoxy) is 2. The third-order valence-electron chi connectivity index (χ3n) is 2.13. The molecule has 0 fully saturated rings. The zero-order valence-electron chi connectivity index (χ0n) is 11.7. The Bertz CT molecular complexity index is 389. The number of halogens is 1. The minimum absolute atomic E-state index is 0.101. The van der Waals surface area contributed by atoms with Crippen molar-refractivity contribution in [3.05, 3.63) is 16.5 Å². The standard InChI is InChI=1S/C13H21BrN2O2/c1-9(2)17-6-7-18-11-8-10(14)15-12(16-11)13(3,4)5/h8-9H,6-7H2,1-5H3. The normalized spacial score (nSPS) is 11.9. The van der Waals surface area contributed by atoms with E-state index in [0.717, 1.165) is 10.4 Å². The summed E-state index contributed by atoms with van der Waals surface area (Å²) in [6.07, 6.45) is 0.218. The molecule has 0 spiro atoms. The fraction of sp³-hybridized carbons (Fsp3) is 0.692. The fourth-order valence-corrected chi connectivity index (χ4v) is 1.60. The molecular weight excluding hydrogens is 296 g/mol. The zero-order chi connectivity index (χ0) is 13.8. The summed E-state index contributed by atoms with van der Waals surface area (Å²) >= 11 is 3.38. The lowest BCUT2D eigenvalue weighted by Crippen LogP contribution is -2.17. The molecule has 4 nitrogen and oxygen atoms in total. The lowest BCUT2D eigenvalue weighted by molar-refractivity contribution is 0.0541. The average molecular weight is 317 g/mol. The maximum absolute atomic E-state index is 5.57. The van der Waals surface area contributed by atoms with Crippen LogP contribution in [0.4, 0.5) is 0 Å². The highest BCUT2D eigenvalue weighted by Gasteiger charge is 2.19. The number of nitrogens with zero attached hydrogens (tertiary/aromatic N) is 2. The molecule has 0 aromatic carbocycles. The van der Waals surface area contributed by atoms with Crippen LogP contribution in [0, 0.1) is 0 Å². The molecular formula is C13H21BrN2O2. The van der Waals surface area contributed by atoms with Crippen molar-refractivity contribution < 1.29 is 9.47 Å². The lowest BCUT2D eigenvalue weighted by Gasteiger charge is -2.17. The van der Waals surface area contributed by atoms with Crippen molar-refractivity contribution in [3.8, 4) is 5.88 Å². The number of hydrogen-bond acceptors (Lipinski definition) is 4. The Labute approximate surface area is 117 Å². The van der Waals surface area contributed by atoms with Gasteiger partial charge >= 0.3 is 0 Å². The smallest absolute Gasteiger partial charge is 0.217 e. The van der Waals surface area contributed by atoms with E-state index in [4.69, 9.17) is 9.47 Å². The van der Waals surface area contributed by atoms with Gasteiger partial charge in [0.15, 0.2) is 0 Å². The summed E-state index contributed by atoms with van der Waals surface area (Å²) in [5.74, 6) is 1.34. The van der Waals surface area contributed by atoms with Crippen LogP contribution >= 0.6 is 15.9 Å². The van der Waals surface area contributed by atoms with Crippen molar-refractivity contribution in [2.75, 3.05) is 13.2 Å². The summed E-state index contributed by atoms with van der Waals surface area (Å²) in [5.41, 5.74) is -0.101. The first-order valence-electron chi connectivity index (χ1n) is 6.08. The van der Waals surface area contributed by atoms with Crippen molar-refractivity contribution in [2.24, 2.45) is 0 Å². The predicted octanol–water partition coefficient (Wildman–Crippen LogP) is 3.34. The van der Waals surface area contributed by atoms with Gasteiger partial charge < -0.3 is 9.47 Å². The van der Waals surface area contributed by atoms with E-state index in [9.17, 15) is 0 Å². The van der Waals surface area contributed by atoms with Crippen molar-refractivity contribution >= 4 is 15.9 Å². The van der Waals surface area contributed by atoms with Crippen molar-refractivity contribution in [2.45, 2.75) is 46.1 Å². The highest BCUT2D eigenvalue weighted by atomic mass is 79.9. The van der Waals surface area contributed by atoms with Crippen LogP contribution in [-0.4, -0.2) is 29.3 Å². The van der Waals surface area contributed by atoms with Crippen LogP contribution in [0.25, 0.3) is 0 Å². The van der Waals surface area contributed by atoms with Gasteiger partial charge in [0, 0.05) is 11.5 Å². The Hall–Kier alpha value is -0.680. The maximum atomic E-state index is 5.57. The molecule has 102 valence electrons. The van der Waals surface area contributed by atoms with Crippen LogP contribution in [0.5, 0.6) is 5.88 Å². The van der Waals surface area contributed by atoms with Gasteiger partial charge in [-0.05, 0) is 29.8 Å². The second-order valence-corrected chi connectivity index (χ2v) is 6.18. The molecule has 0 atom stereocenters. The summed E-state index contributed by atoms with van der Waals surface area (Å²) in [5, 5.41) is 0. The average Bonchev–Trinajstić information content (AvgIpc) is 2.22. The fourth-order valence-electron chi connectivity index (χ4n) is 1.24. The van der Waals surface area contributed by atoms with Gasteiger partial charge in [0.2, 0.25) is 5.88 Å². The lowest BCUT2D eigenvalue weighted by atomic mass is 9.96. The third-order valence-corrected chi connectivity index (χ3v) is 2.53. The molecule has 0 amide bonds. The summed E-state index contributed by atoms with van der Waals surface area (Å²) in [4.78, 5) is 8.76. The molecule has 0 saturated heterocycles. The van der Waals surface area contributed by atoms with Crippen molar-refractivity contribution in [3.63, 3.8) is 0 Å². The first-order valence-corrected chi connectivity index (χ1v) is 6.88. The van der Waals surface area contributed by atoms with Crippen LogP contribution in [-0.2, 0) is 10.2 Å². The summed E-state index contributed by atoms with van der Waals surface area (Å²) in [7, 11) is 0. The molecule has 0 aliphatic carbocycles. The molecule has 1 rings (SSSR count). The Kier molecular flexibility index (Phi) is 5.53. The number of hydrogen-bond donors (Lipinski definition) is 0. The predicted molar refractivity (Wildman–Crippen MR) is 75.0 cm³/mol. The number of rotatable bonds is 5. The van der Waals surface area contributed by atoms with Gasteiger partial charge in [-0.1, -0.05) is 20.8 Å². The summed E-state index contributed by atoms with van der Waals surface area (Å²) in [6, 6.07) is 1.77. The molecule has 1 aromatic rings. The molecule has 0 aliphatic heterocycles. The maximum Gasteiger partial charge on any atom is 0.217 e. The van der Waals surface area contributed by atoms with Gasteiger partial charge in [-0.3, -0.25) is 0 Å². The van der Waals surface area contributed by atoms with E-state index >= 15 is 0 Å². The van der Waals surface area contributed by atoms with E-state index in [2.05, 4.69) is 46.7 Å². The van der Waals surface area contributed by atoms with Crippen LogP contribution in [0.15, 0.2) is 10.7 Å². The zero-order valence-corrected chi connectivity index (χ0v) is 13.2. The summed E-state index contributed by atoms with van der Waals surface area (Å²) in [6.45, 7) is 11.3. The van der Waals surface area contributed by atoms with Gasteiger partial charge in [0.25, 0.3) is 0 Å². The molecule has 5 heteroatoms. The minimum Gasteiger partial charge on any atom is -0.475 e. The van der Waals surface area contributed by atoms with E-state index in [1.807, 2.05) is 13.8 Å². The molecule has 18 heavy (non-hydrogen) atoms. The van der Waals surface area contributed by atoms with E-state index in [0.29, 0.717) is 19.1 Å². The molecule has 1 heterocycles. The molecule has 0 aliphatic rings. The van der Waals surface area contributed by atoms with E-state index in [1.165, 1.54) is 0 Å². The van der Waals surface area contributed by atoms with Crippen LogP contribution in [0.2, 0.25) is 0 Å². The summed E-state index contributed by atoms with van der Waals surface area (Å²) < 4.78 is 11.7. The second kappa shape index (κ2) is 6.48. The largest absolute Gasteiger partial charge is 0.475 e. The van der Waals surface area contributed by atoms with Gasteiger partial charge in [-0.2, -0.15) is 4.98 Å². The van der Waals surface area contributed by atoms with E-state index in [1.54, 1.807) is 6.07 Å². The van der Waals surface area contributed by atoms with E-state index < -0.39 is 0 Å². The molecule has 1 aromatic heterocycles.